The fourth-order valence-electron chi connectivity index (χ4n) is 2.41. The molecule has 0 bridgehead atoms. The van der Waals surface area contributed by atoms with Crippen LogP contribution in [0.4, 0.5) is 0 Å². The summed E-state index contributed by atoms with van der Waals surface area (Å²) in [5, 5.41) is 1.04. The fourth-order valence-corrected chi connectivity index (χ4v) is 3.42. The van der Waals surface area contributed by atoms with Crippen LogP contribution in [-0.2, 0) is 12.8 Å². The molecule has 0 spiro atoms. The largest absolute Gasteiger partial charge is 0.322 e. The van der Waals surface area contributed by atoms with E-state index in [-0.39, 0.29) is 0 Å². The Morgan fingerprint density at radius 1 is 1.10 bits per heavy atom. The van der Waals surface area contributed by atoms with Crippen molar-refractivity contribution >= 4 is 22.8 Å². The average molecular weight is 297 g/mol. The molecule has 2 aromatic heterocycles. The van der Waals surface area contributed by atoms with Crippen molar-refractivity contribution in [3.63, 3.8) is 0 Å². The van der Waals surface area contributed by atoms with Crippen molar-refractivity contribution in [2.24, 2.45) is 7.05 Å². The third kappa shape index (κ3) is 2.56. The van der Waals surface area contributed by atoms with Gasteiger partial charge < -0.3 is 4.57 Å². The van der Waals surface area contributed by atoms with Crippen molar-refractivity contribution < 1.29 is 0 Å². The van der Waals surface area contributed by atoms with E-state index in [1.807, 2.05) is 18.3 Å². The first-order valence-electron chi connectivity index (χ1n) is 7.04. The molecule has 0 amide bonds. The highest BCUT2D eigenvalue weighted by molar-refractivity contribution is 7.98. The Kier molecular flexibility index (Phi) is 3.72. The number of aryl methyl sites for hydroxylation is 2. The minimum Gasteiger partial charge on any atom is -0.322 e. The summed E-state index contributed by atoms with van der Waals surface area (Å²) in [6.45, 7) is 6.42. The predicted molar refractivity (Wildman–Crippen MR) is 88.7 cm³/mol. The maximum atomic E-state index is 4.70. The minimum absolute atomic E-state index is 0.851. The van der Waals surface area contributed by atoms with Gasteiger partial charge in [-0.15, -0.1) is 0 Å². The van der Waals surface area contributed by atoms with Crippen molar-refractivity contribution in [1.29, 1.82) is 0 Å². The molecule has 0 aliphatic carbocycles. The van der Waals surface area contributed by atoms with E-state index in [1.54, 1.807) is 11.8 Å². The Hall–Kier alpha value is -1.81. The van der Waals surface area contributed by atoms with Gasteiger partial charge in [0.05, 0.1) is 16.7 Å². The highest BCUT2D eigenvalue weighted by Gasteiger charge is 2.10. The molecule has 2 heterocycles. The first-order chi connectivity index (χ1) is 10.1. The van der Waals surface area contributed by atoms with Gasteiger partial charge in [-0.1, -0.05) is 23.9 Å². The highest BCUT2D eigenvalue weighted by Crippen LogP contribution is 2.27. The quantitative estimate of drug-likeness (QED) is 0.679. The monoisotopic (exact) mass is 297 g/mol. The standard InChI is InChI=1S/C17H19N3S/c1-11-9-18-15(13(3)12(11)2)10-21-17-19-14-7-5-6-8-16(14)20(17)4/h5-9H,10H2,1-4H3. The van der Waals surface area contributed by atoms with E-state index in [2.05, 4.69) is 49.5 Å². The van der Waals surface area contributed by atoms with E-state index in [0.717, 1.165) is 22.1 Å². The summed E-state index contributed by atoms with van der Waals surface area (Å²) in [5.41, 5.74) is 7.25. The van der Waals surface area contributed by atoms with Crippen LogP contribution in [0.15, 0.2) is 35.6 Å². The third-order valence-electron chi connectivity index (χ3n) is 4.09. The predicted octanol–water partition coefficient (Wildman–Crippen LogP) is 4.19. The zero-order chi connectivity index (χ0) is 15.0. The van der Waals surface area contributed by atoms with Crippen LogP contribution in [0, 0.1) is 20.8 Å². The number of para-hydroxylation sites is 2. The average Bonchev–Trinajstić information content (AvgIpc) is 2.81. The Labute approximate surface area is 129 Å². The summed E-state index contributed by atoms with van der Waals surface area (Å²) in [4.78, 5) is 9.27. The zero-order valence-electron chi connectivity index (χ0n) is 12.8. The summed E-state index contributed by atoms with van der Waals surface area (Å²) >= 11 is 1.74. The van der Waals surface area contributed by atoms with Gasteiger partial charge in [0, 0.05) is 19.0 Å². The van der Waals surface area contributed by atoms with Gasteiger partial charge in [0.25, 0.3) is 0 Å². The van der Waals surface area contributed by atoms with Gasteiger partial charge in [0.1, 0.15) is 0 Å². The van der Waals surface area contributed by atoms with E-state index in [4.69, 9.17) is 4.98 Å². The second-order valence-corrected chi connectivity index (χ2v) is 6.31. The number of fused-ring (bicyclic) bond motifs is 1. The highest BCUT2D eigenvalue weighted by atomic mass is 32.2. The van der Waals surface area contributed by atoms with E-state index in [0.29, 0.717) is 0 Å². The SMILES string of the molecule is Cc1cnc(CSc2nc3ccccc3n2C)c(C)c1C. The van der Waals surface area contributed by atoms with Gasteiger partial charge in [0.2, 0.25) is 0 Å². The number of thioether (sulfide) groups is 1. The van der Waals surface area contributed by atoms with Crippen LogP contribution >= 0.6 is 11.8 Å². The summed E-state index contributed by atoms with van der Waals surface area (Å²) in [7, 11) is 2.07. The summed E-state index contributed by atoms with van der Waals surface area (Å²) in [6, 6.07) is 8.23. The summed E-state index contributed by atoms with van der Waals surface area (Å²) in [6.07, 6.45) is 1.97. The van der Waals surface area contributed by atoms with Gasteiger partial charge in [-0.05, 0) is 49.6 Å². The molecule has 108 valence electrons. The Balaban J connectivity index is 1.87. The van der Waals surface area contributed by atoms with E-state index >= 15 is 0 Å². The number of rotatable bonds is 3. The smallest absolute Gasteiger partial charge is 0.169 e. The molecule has 4 heteroatoms. The van der Waals surface area contributed by atoms with Crippen LogP contribution < -0.4 is 0 Å². The van der Waals surface area contributed by atoms with Gasteiger partial charge in [0.15, 0.2) is 5.16 Å². The van der Waals surface area contributed by atoms with Crippen LogP contribution in [-0.4, -0.2) is 14.5 Å². The maximum Gasteiger partial charge on any atom is 0.169 e. The molecule has 0 aliphatic heterocycles. The molecule has 0 N–H and O–H groups in total. The van der Waals surface area contributed by atoms with Gasteiger partial charge in [-0.2, -0.15) is 0 Å². The number of hydrogen-bond acceptors (Lipinski definition) is 3. The molecule has 0 saturated carbocycles. The molecule has 3 rings (SSSR count). The molecule has 0 aliphatic rings. The van der Waals surface area contributed by atoms with Crippen LogP contribution in [0.5, 0.6) is 0 Å². The van der Waals surface area contributed by atoms with Crippen molar-refractivity contribution in [2.75, 3.05) is 0 Å². The maximum absolute atomic E-state index is 4.70. The van der Waals surface area contributed by atoms with Gasteiger partial charge in [-0.3, -0.25) is 4.98 Å². The van der Waals surface area contributed by atoms with Crippen molar-refractivity contribution in [3.8, 4) is 0 Å². The molecular formula is C17H19N3S. The van der Waals surface area contributed by atoms with Crippen molar-refractivity contribution in [1.82, 2.24) is 14.5 Å². The van der Waals surface area contributed by atoms with Gasteiger partial charge >= 0.3 is 0 Å². The second kappa shape index (κ2) is 5.53. The lowest BCUT2D eigenvalue weighted by molar-refractivity contribution is 0.814. The van der Waals surface area contributed by atoms with Crippen LogP contribution in [0.25, 0.3) is 11.0 Å². The number of nitrogens with zero attached hydrogens (tertiary/aromatic N) is 3. The fraction of sp³-hybridized carbons (Fsp3) is 0.294. The minimum atomic E-state index is 0.851. The lowest BCUT2D eigenvalue weighted by Crippen LogP contribution is -1.98. The topological polar surface area (TPSA) is 30.7 Å². The first-order valence-corrected chi connectivity index (χ1v) is 8.02. The lowest BCUT2D eigenvalue weighted by Gasteiger charge is -2.09. The lowest BCUT2D eigenvalue weighted by atomic mass is 10.1. The normalized spacial score (nSPS) is 11.2. The van der Waals surface area contributed by atoms with Crippen molar-refractivity contribution in [3.05, 3.63) is 52.8 Å². The molecule has 3 nitrogen and oxygen atoms in total. The molecule has 0 unspecified atom stereocenters. The molecule has 0 fully saturated rings. The molecular weight excluding hydrogens is 278 g/mol. The number of hydrogen-bond donors (Lipinski definition) is 0. The second-order valence-electron chi connectivity index (χ2n) is 5.37. The number of imidazole rings is 1. The van der Waals surface area contributed by atoms with Gasteiger partial charge in [-0.25, -0.2) is 4.98 Å². The number of benzene rings is 1. The first kappa shape index (κ1) is 14.1. The zero-order valence-corrected chi connectivity index (χ0v) is 13.7. The Bertz CT molecular complexity index is 805. The third-order valence-corrected chi connectivity index (χ3v) is 5.13. The van der Waals surface area contributed by atoms with E-state index < -0.39 is 0 Å². The number of aromatic nitrogens is 3. The van der Waals surface area contributed by atoms with Crippen molar-refractivity contribution in [2.45, 2.75) is 31.7 Å². The van der Waals surface area contributed by atoms with E-state index in [9.17, 15) is 0 Å². The molecule has 0 saturated heterocycles. The van der Waals surface area contributed by atoms with Crippen LogP contribution in [0.1, 0.15) is 22.4 Å². The molecule has 3 aromatic rings. The van der Waals surface area contributed by atoms with E-state index in [1.165, 1.54) is 22.2 Å². The van der Waals surface area contributed by atoms with Crippen LogP contribution in [0.3, 0.4) is 0 Å². The Morgan fingerprint density at radius 3 is 2.62 bits per heavy atom. The van der Waals surface area contributed by atoms with Crippen LogP contribution in [0.2, 0.25) is 0 Å². The summed E-state index contributed by atoms with van der Waals surface area (Å²) in [5.74, 6) is 0.851. The summed E-state index contributed by atoms with van der Waals surface area (Å²) < 4.78 is 2.15. The molecule has 0 atom stereocenters. The molecule has 21 heavy (non-hydrogen) atoms. The Morgan fingerprint density at radius 2 is 1.86 bits per heavy atom. The molecule has 0 radical (unpaired) electrons. The number of pyridine rings is 1. The molecule has 1 aromatic carbocycles.